The average Bonchev–Trinajstić information content (AvgIpc) is 3.85. The highest BCUT2D eigenvalue weighted by atomic mass is 16.2. The Morgan fingerprint density at radius 3 is 1.35 bits per heavy atom. The van der Waals surface area contributed by atoms with Crippen LogP contribution in [-0.4, -0.2) is 69.9 Å². The molecule has 4 aromatic rings. The van der Waals surface area contributed by atoms with Gasteiger partial charge in [0.25, 0.3) is 0 Å². The minimum atomic E-state index is -0.880. The number of nitrogens with one attached hydrogen (secondary N) is 4. The number of aryl methyl sites for hydroxylation is 2. The molecule has 0 bridgehead atoms. The third-order valence-electron chi connectivity index (χ3n) is 12.9. The predicted octanol–water partition coefficient (Wildman–Crippen LogP) is 3.67. The van der Waals surface area contributed by atoms with Crippen molar-refractivity contribution in [2.45, 2.75) is 86.9 Å². The van der Waals surface area contributed by atoms with Crippen molar-refractivity contribution in [2.24, 2.45) is 0 Å². The standard InChI is InChI=1S/C42H40N6O4/c1-23-11-9-17-27-33(23)41(21-31-35(49)43-29(19-25-13-5-3-6-14-25)37(51)47(31)39(41)45-27)42-22-32-36(50)44-30(20-26-15-7-4-8-16-26)38(52)48(32)40(42)46-28-18-10-12-24(2)34(28)42/h3-18,29-32,39-40,45-46H,19-22H2,1-2H3,(H,43,49)(H,44,50). The molecule has 10 nitrogen and oxygen atoms in total. The molecule has 0 spiro atoms. The second-order valence-corrected chi connectivity index (χ2v) is 15.5. The number of piperazine rings is 2. The van der Waals surface area contributed by atoms with Crippen molar-refractivity contribution >= 4 is 35.0 Å². The Labute approximate surface area is 302 Å². The normalized spacial score (nSPS) is 32.1. The first-order valence-electron chi connectivity index (χ1n) is 18.3. The summed E-state index contributed by atoms with van der Waals surface area (Å²) in [5.74, 6) is -0.616. The molecular formula is C42H40N6O4. The molecule has 4 fully saturated rings. The Kier molecular flexibility index (Phi) is 6.54. The third kappa shape index (κ3) is 3.95. The van der Waals surface area contributed by atoms with Crippen LogP contribution in [-0.2, 0) is 42.8 Å². The van der Waals surface area contributed by atoms with Crippen molar-refractivity contribution in [2.75, 3.05) is 10.6 Å². The van der Waals surface area contributed by atoms with Crippen molar-refractivity contribution in [3.05, 3.63) is 130 Å². The van der Waals surface area contributed by atoms with E-state index in [1.54, 1.807) is 0 Å². The fraction of sp³-hybridized carbons (Fsp3) is 0.333. The van der Waals surface area contributed by atoms with Gasteiger partial charge in [-0.1, -0.05) is 84.9 Å². The number of nitrogens with zero attached hydrogens (tertiary/aromatic N) is 2. The Bertz CT molecular complexity index is 2040. The van der Waals surface area contributed by atoms with Gasteiger partial charge in [-0.05, 0) is 72.2 Å². The van der Waals surface area contributed by atoms with Gasteiger partial charge < -0.3 is 31.1 Å². The Hall–Kier alpha value is -5.64. The predicted molar refractivity (Wildman–Crippen MR) is 195 cm³/mol. The van der Waals surface area contributed by atoms with E-state index in [-0.39, 0.29) is 23.6 Å². The van der Waals surface area contributed by atoms with Gasteiger partial charge in [0.05, 0.1) is 10.8 Å². The fourth-order valence-electron chi connectivity index (χ4n) is 11.1. The second kappa shape index (κ2) is 10.9. The van der Waals surface area contributed by atoms with Gasteiger partial charge in [0.15, 0.2) is 0 Å². The van der Waals surface area contributed by atoms with Gasteiger partial charge >= 0.3 is 0 Å². The number of benzene rings is 4. The first-order chi connectivity index (χ1) is 25.2. The number of hydrogen-bond acceptors (Lipinski definition) is 6. The lowest BCUT2D eigenvalue weighted by Crippen LogP contribution is -2.67. The molecule has 6 aliphatic rings. The quantitative estimate of drug-likeness (QED) is 0.253. The van der Waals surface area contributed by atoms with E-state index < -0.39 is 47.3 Å². The molecule has 262 valence electrons. The maximum absolute atomic E-state index is 14.8. The van der Waals surface area contributed by atoms with Crippen LogP contribution in [0.1, 0.15) is 46.2 Å². The molecule has 4 aromatic carbocycles. The summed E-state index contributed by atoms with van der Waals surface area (Å²) in [4.78, 5) is 61.8. The SMILES string of the molecule is Cc1cccc2c1C1(C34CC5C(=O)NC(Cc6ccccc6)C(=O)N5C3Nc3cccc(C)c34)CC3C(=O)NC(Cc4ccccc4)C(=O)N3C1N2. The molecule has 4 N–H and O–H groups in total. The van der Waals surface area contributed by atoms with Crippen LogP contribution >= 0.6 is 0 Å². The average molecular weight is 693 g/mol. The zero-order valence-electron chi connectivity index (χ0n) is 29.1. The van der Waals surface area contributed by atoms with Crippen LogP contribution in [0.4, 0.5) is 11.4 Å². The maximum Gasteiger partial charge on any atom is 0.247 e. The van der Waals surface area contributed by atoms with E-state index in [0.29, 0.717) is 25.7 Å². The summed E-state index contributed by atoms with van der Waals surface area (Å²) in [5, 5.41) is 13.8. The van der Waals surface area contributed by atoms with E-state index >= 15 is 0 Å². The molecule has 10 rings (SSSR count). The van der Waals surface area contributed by atoms with E-state index in [1.807, 2.05) is 82.6 Å². The van der Waals surface area contributed by atoms with Crippen molar-refractivity contribution in [1.82, 2.24) is 20.4 Å². The first kappa shape index (κ1) is 31.1. The lowest BCUT2D eigenvalue weighted by Gasteiger charge is -2.49. The first-order valence-corrected chi connectivity index (χ1v) is 18.3. The summed E-state index contributed by atoms with van der Waals surface area (Å²) in [5.41, 5.74) is 6.18. The van der Waals surface area contributed by atoms with Gasteiger partial charge in [0.1, 0.15) is 36.5 Å². The highest BCUT2D eigenvalue weighted by Crippen LogP contribution is 2.69. The molecule has 6 aliphatic heterocycles. The minimum Gasteiger partial charge on any atom is -0.364 e. The summed E-state index contributed by atoms with van der Waals surface area (Å²) >= 11 is 0. The topological polar surface area (TPSA) is 123 Å². The van der Waals surface area contributed by atoms with Crippen LogP contribution in [0, 0.1) is 13.8 Å². The van der Waals surface area contributed by atoms with Crippen LogP contribution in [0.25, 0.3) is 0 Å². The van der Waals surface area contributed by atoms with Crippen LogP contribution in [0.2, 0.25) is 0 Å². The lowest BCUT2D eigenvalue weighted by atomic mass is 9.53. The molecule has 52 heavy (non-hydrogen) atoms. The van der Waals surface area contributed by atoms with Crippen LogP contribution in [0.15, 0.2) is 97.1 Å². The van der Waals surface area contributed by atoms with E-state index in [9.17, 15) is 19.2 Å². The van der Waals surface area contributed by atoms with Crippen molar-refractivity contribution in [3.8, 4) is 0 Å². The molecule has 4 amide bonds. The van der Waals surface area contributed by atoms with E-state index in [4.69, 9.17) is 0 Å². The number of rotatable bonds is 5. The highest BCUT2D eigenvalue weighted by Gasteiger charge is 2.78. The number of anilines is 2. The monoisotopic (exact) mass is 692 g/mol. The smallest absolute Gasteiger partial charge is 0.247 e. The largest absolute Gasteiger partial charge is 0.364 e. The summed E-state index contributed by atoms with van der Waals surface area (Å²) in [6.07, 6.45) is 0.248. The van der Waals surface area contributed by atoms with Crippen LogP contribution < -0.4 is 21.3 Å². The molecule has 8 atom stereocenters. The third-order valence-corrected chi connectivity index (χ3v) is 12.9. The van der Waals surface area contributed by atoms with E-state index in [2.05, 4.69) is 59.4 Å². The van der Waals surface area contributed by atoms with Gasteiger partial charge in [-0.2, -0.15) is 0 Å². The fourth-order valence-corrected chi connectivity index (χ4v) is 11.1. The van der Waals surface area contributed by atoms with Gasteiger partial charge in [-0.25, -0.2) is 0 Å². The zero-order valence-corrected chi connectivity index (χ0v) is 29.1. The second-order valence-electron chi connectivity index (χ2n) is 15.5. The minimum absolute atomic E-state index is 0.130. The Morgan fingerprint density at radius 2 is 0.942 bits per heavy atom. The number of fused-ring (bicyclic) bond motifs is 11. The summed E-state index contributed by atoms with van der Waals surface area (Å²) < 4.78 is 0. The maximum atomic E-state index is 14.8. The van der Waals surface area contributed by atoms with Gasteiger partial charge in [0.2, 0.25) is 23.6 Å². The number of carbonyl (C=O) groups is 4. The summed E-state index contributed by atoms with van der Waals surface area (Å²) in [6.45, 7) is 4.18. The Morgan fingerprint density at radius 1 is 0.538 bits per heavy atom. The molecule has 4 saturated heterocycles. The van der Waals surface area contributed by atoms with Gasteiger partial charge in [-0.3, -0.25) is 19.2 Å². The molecular weight excluding hydrogens is 652 g/mol. The summed E-state index contributed by atoms with van der Waals surface area (Å²) in [7, 11) is 0. The van der Waals surface area contributed by atoms with Gasteiger partial charge in [-0.15, -0.1) is 0 Å². The van der Waals surface area contributed by atoms with Crippen molar-refractivity contribution < 1.29 is 19.2 Å². The van der Waals surface area contributed by atoms with Crippen LogP contribution in [0.5, 0.6) is 0 Å². The molecule has 0 saturated carbocycles. The van der Waals surface area contributed by atoms with E-state index in [0.717, 1.165) is 44.8 Å². The molecule has 0 radical (unpaired) electrons. The number of carbonyl (C=O) groups excluding carboxylic acids is 4. The van der Waals surface area contributed by atoms with Crippen molar-refractivity contribution in [3.63, 3.8) is 0 Å². The highest BCUT2D eigenvalue weighted by molar-refractivity contribution is 6.01. The van der Waals surface area contributed by atoms with Gasteiger partial charge in [0, 0.05) is 24.2 Å². The lowest BCUT2D eigenvalue weighted by molar-refractivity contribution is -0.149. The van der Waals surface area contributed by atoms with Crippen molar-refractivity contribution in [1.29, 1.82) is 0 Å². The van der Waals surface area contributed by atoms with E-state index in [1.165, 1.54) is 0 Å². The number of amides is 4. The molecule has 0 aromatic heterocycles. The summed E-state index contributed by atoms with van der Waals surface area (Å²) in [6, 6.07) is 28.9. The molecule has 6 heterocycles. The number of hydrogen-bond donors (Lipinski definition) is 4. The van der Waals surface area contributed by atoms with Crippen LogP contribution in [0.3, 0.4) is 0 Å². The molecule has 0 aliphatic carbocycles. The Balaban J connectivity index is 1.16. The zero-order chi connectivity index (χ0) is 35.5. The molecule has 8 unspecified atom stereocenters. The molecule has 10 heteroatoms.